The van der Waals surface area contributed by atoms with Crippen LogP contribution in [0, 0.1) is 24.4 Å². The topological polar surface area (TPSA) is 26.0 Å². The summed E-state index contributed by atoms with van der Waals surface area (Å²) in [6.45, 7) is 3.23. The van der Waals surface area contributed by atoms with Crippen LogP contribution in [-0.2, 0) is 0 Å². The summed E-state index contributed by atoms with van der Waals surface area (Å²) in [6.07, 6.45) is 0. The second-order valence-electron chi connectivity index (χ2n) is 4.58. The fraction of sp³-hybridized carbons (Fsp3) is 0.200. The number of hydrogen-bond donors (Lipinski definition) is 1. The number of nitrogens with two attached hydrogens (primary N) is 1. The predicted molar refractivity (Wildman–Crippen MR) is 69.1 cm³/mol. The van der Waals surface area contributed by atoms with E-state index in [9.17, 15) is 13.2 Å². The number of benzene rings is 2. The maximum absolute atomic E-state index is 14.0. The van der Waals surface area contributed by atoms with E-state index < -0.39 is 17.5 Å². The van der Waals surface area contributed by atoms with Crippen molar-refractivity contribution < 1.29 is 13.2 Å². The summed E-state index contributed by atoms with van der Waals surface area (Å²) in [5.74, 6) is -2.21. The molecule has 1 atom stereocenters. The SMILES string of the molecule is Cc1ccc(F)c(-c2cc(C(C)N)ccc2F)c1F. The lowest BCUT2D eigenvalue weighted by atomic mass is 9.97. The first-order chi connectivity index (χ1) is 8.91. The molecular formula is C15H14F3N. The van der Waals surface area contributed by atoms with Crippen molar-refractivity contribution in [3.63, 3.8) is 0 Å². The molecule has 0 aromatic heterocycles. The average molecular weight is 265 g/mol. The molecule has 2 rings (SSSR count). The molecule has 0 fully saturated rings. The van der Waals surface area contributed by atoms with Crippen LogP contribution >= 0.6 is 0 Å². The molecule has 2 aromatic rings. The summed E-state index contributed by atoms with van der Waals surface area (Å²) in [5.41, 5.74) is 6.14. The van der Waals surface area contributed by atoms with Crippen LogP contribution in [0.15, 0.2) is 30.3 Å². The normalized spacial score (nSPS) is 12.5. The van der Waals surface area contributed by atoms with Crippen molar-refractivity contribution in [3.05, 3.63) is 58.9 Å². The van der Waals surface area contributed by atoms with E-state index in [4.69, 9.17) is 5.73 Å². The average Bonchev–Trinajstić information content (AvgIpc) is 2.36. The Morgan fingerprint density at radius 2 is 1.63 bits per heavy atom. The molecule has 0 heterocycles. The molecule has 2 N–H and O–H groups in total. The lowest BCUT2D eigenvalue weighted by Crippen LogP contribution is -2.06. The molecule has 1 nitrogen and oxygen atoms in total. The Kier molecular flexibility index (Phi) is 3.62. The Labute approximate surface area is 109 Å². The third kappa shape index (κ3) is 2.49. The third-order valence-electron chi connectivity index (χ3n) is 3.07. The molecule has 2 aromatic carbocycles. The summed E-state index contributed by atoms with van der Waals surface area (Å²) >= 11 is 0. The summed E-state index contributed by atoms with van der Waals surface area (Å²) in [4.78, 5) is 0. The molecule has 19 heavy (non-hydrogen) atoms. The van der Waals surface area contributed by atoms with E-state index in [1.807, 2.05) is 0 Å². The number of rotatable bonds is 2. The van der Waals surface area contributed by atoms with Crippen LogP contribution in [0.3, 0.4) is 0 Å². The van der Waals surface area contributed by atoms with Gasteiger partial charge in [0.1, 0.15) is 17.5 Å². The Hall–Kier alpha value is -1.81. The van der Waals surface area contributed by atoms with Gasteiger partial charge in [-0.2, -0.15) is 0 Å². The van der Waals surface area contributed by atoms with Crippen molar-refractivity contribution in [1.29, 1.82) is 0 Å². The van der Waals surface area contributed by atoms with Crippen molar-refractivity contribution in [3.8, 4) is 11.1 Å². The first-order valence-electron chi connectivity index (χ1n) is 5.92. The maximum atomic E-state index is 14.0. The van der Waals surface area contributed by atoms with Crippen molar-refractivity contribution in [2.45, 2.75) is 19.9 Å². The largest absolute Gasteiger partial charge is 0.324 e. The molecule has 0 aliphatic heterocycles. The summed E-state index contributed by atoms with van der Waals surface area (Å²) in [6, 6.07) is 6.19. The molecule has 0 saturated carbocycles. The molecule has 0 saturated heterocycles. The molecule has 4 heteroatoms. The van der Waals surface area contributed by atoms with E-state index >= 15 is 0 Å². The van der Waals surface area contributed by atoms with Gasteiger partial charge in [-0.3, -0.25) is 0 Å². The van der Waals surface area contributed by atoms with Crippen molar-refractivity contribution in [2.75, 3.05) is 0 Å². The minimum absolute atomic E-state index is 0.103. The zero-order chi connectivity index (χ0) is 14.2. The van der Waals surface area contributed by atoms with Gasteiger partial charge in [0.25, 0.3) is 0 Å². The number of aryl methyl sites for hydroxylation is 1. The monoisotopic (exact) mass is 265 g/mol. The minimum Gasteiger partial charge on any atom is -0.324 e. The van der Waals surface area contributed by atoms with Gasteiger partial charge >= 0.3 is 0 Å². The fourth-order valence-corrected chi connectivity index (χ4v) is 1.92. The minimum atomic E-state index is -0.788. The van der Waals surface area contributed by atoms with Crippen LogP contribution in [-0.4, -0.2) is 0 Å². The number of halogens is 3. The zero-order valence-corrected chi connectivity index (χ0v) is 10.7. The first-order valence-corrected chi connectivity index (χ1v) is 5.92. The highest BCUT2D eigenvalue weighted by Gasteiger charge is 2.18. The third-order valence-corrected chi connectivity index (χ3v) is 3.07. The van der Waals surface area contributed by atoms with E-state index in [0.29, 0.717) is 5.56 Å². The van der Waals surface area contributed by atoms with E-state index in [1.165, 1.54) is 31.2 Å². The molecular weight excluding hydrogens is 251 g/mol. The van der Waals surface area contributed by atoms with Gasteiger partial charge in [0.05, 0.1) is 5.56 Å². The molecule has 1 unspecified atom stereocenters. The molecule has 0 spiro atoms. The Bertz CT molecular complexity index is 621. The first kappa shape index (κ1) is 13.6. The Morgan fingerprint density at radius 1 is 1.00 bits per heavy atom. The highest BCUT2D eigenvalue weighted by molar-refractivity contribution is 5.67. The van der Waals surface area contributed by atoms with Gasteiger partial charge in [0.15, 0.2) is 0 Å². The van der Waals surface area contributed by atoms with Crippen LogP contribution in [0.1, 0.15) is 24.1 Å². The van der Waals surface area contributed by atoms with Gasteiger partial charge in [0, 0.05) is 11.6 Å². The predicted octanol–water partition coefficient (Wildman–Crippen LogP) is 4.10. The van der Waals surface area contributed by atoms with Gasteiger partial charge in [0.2, 0.25) is 0 Å². The summed E-state index contributed by atoms with van der Waals surface area (Å²) in [7, 11) is 0. The second kappa shape index (κ2) is 5.05. The summed E-state index contributed by atoms with van der Waals surface area (Å²) < 4.78 is 41.7. The van der Waals surface area contributed by atoms with Gasteiger partial charge < -0.3 is 5.73 Å². The van der Waals surface area contributed by atoms with Crippen LogP contribution in [0.5, 0.6) is 0 Å². The van der Waals surface area contributed by atoms with Gasteiger partial charge in [-0.1, -0.05) is 12.1 Å². The Balaban J connectivity index is 2.71. The maximum Gasteiger partial charge on any atom is 0.136 e. The van der Waals surface area contributed by atoms with E-state index in [1.54, 1.807) is 6.92 Å². The molecule has 100 valence electrons. The summed E-state index contributed by atoms with van der Waals surface area (Å²) in [5, 5.41) is 0. The van der Waals surface area contributed by atoms with E-state index in [2.05, 4.69) is 0 Å². The molecule has 0 aliphatic carbocycles. The standard InChI is InChI=1S/C15H14F3N/c1-8-3-5-13(17)14(15(8)18)11-7-10(9(2)19)4-6-12(11)16/h3-7,9H,19H2,1-2H3. The molecule has 0 radical (unpaired) electrons. The van der Waals surface area contributed by atoms with Crippen LogP contribution in [0.25, 0.3) is 11.1 Å². The molecule has 0 bridgehead atoms. The van der Waals surface area contributed by atoms with Crippen LogP contribution in [0.2, 0.25) is 0 Å². The van der Waals surface area contributed by atoms with Crippen molar-refractivity contribution in [2.24, 2.45) is 5.73 Å². The lowest BCUT2D eigenvalue weighted by Gasteiger charge is -2.12. The highest BCUT2D eigenvalue weighted by Crippen LogP contribution is 2.31. The van der Waals surface area contributed by atoms with Crippen LogP contribution in [0.4, 0.5) is 13.2 Å². The van der Waals surface area contributed by atoms with Gasteiger partial charge in [-0.05, 0) is 43.2 Å². The smallest absolute Gasteiger partial charge is 0.136 e. The Morgan fingerprint density at radius 3 is 2.26 bits per heavy atom. The van der Waals surface area contributed by atoms with Crippen LogP contribution < -0.4 is 5.73 Å². The van der Waals surface area contributed by atoms with Crippen molar-refractivity contribution >= 4 is 0 Å². The zero-order valence-electron chi connectivity index (χ0n) is 10.7. The highest BCUT2D eigenvalue weighted by atomic mass is 19.1. The van der Waals surface area contributed by atoms with Gasteiger partial charge in [-0.25, -0.2) is 13.2 Å². The molecule has 0 amide bonds. The quantitative estimate of drug-likeness (QED) is 0.869. The van der Waals surface area contributed by atoms with E-state index in [-0.39, 0.29) is 22.7 Å². The van der Waals surface area contributed by atoms with E-state index in [0.717, 1.165) is 6.07 Å². The second-order valence-corrected chi connectivity index (χ2v) is 4.58. The van der Waals surface area contributed by atoms with Gasteiger partial charge in [-0.15, -0.1) is 0 Å². The fourth-order valence-electron chi connectivity index (χ4n) is 1.92. The lowest BCUT2D eigenvalue weighted by molar-refractivity contribution is 0.576. The van der Waals surface area contributed by atoms with Crippen molar-refractivity contribution in [1.82, 2.24) is 0 Å². The molecule has 0 aliphatic rings. The number of hydrogen-bond acceptors (Lipinski definition) is 1.